The van der Waals surface area contributed by atoms with Gasteiger partial charge in [-0.15, -0.1) is 0 Å². The maximum Gasteiger partial charge on any atom is 0.302 e. The van der Waals surface area contributed by atoms with Crippen molar-refractivity contribution in [1.29, 1.82) is 0 Å². The van der Waals surface area contributed by atoms with Gasteiger partial charge in [-0.3, -0.25) is 0 Å². The van der Waals surface area contributed by atoms with Gasteiger partial charge in [-0.1, -0.05) is 19.1 Å². The summed E-state index contributed by atoms with van der Waals surface area (Å²) in [6.45, 7) is 2.09. The number of benzene rings is 1. The van der Waals surface area contributed by atoms with Crippen molar-refractivity contribution in [3.8, 4) is 11.3 Å². The van der Waals surface area contributed by atoms with Crippen LogP contribution in [0.1, 0.15) is 36.8 Å². The highest BCUT2D eigenvalue weighted by molar-refractivity contribution is 7.89. The molecule has 0 bridgehead atoms. The molecule has 3 aromatic rings. The normalized spacial score (nSPS) is 16.8. The fraction of sp³-hybridized carbons (Fsp3) is 0.316. The maximum absolute atomic E-state index is 14.6. The third-order valence-corrected chi connectivity index (χ3v) is 6.84. The van der Waals surface area contributed by atoms with Crippen molar-refractivity contribution >= 4 is 10.0 Å². The van der Waals surface area contributed by atoms with Gasteiger partial charge in [0, 0.05) is 31.2 Å². The molecule has 2 aromatic heterocycles. The number of hydrogen-bond donors (Lipinski definition) is 0. The Labute approximate surface area is 152 Å². The van der Waals surface area contributed by atoms with Crippen LogP contribution in [0.3, 0.4) is 0 Å². The lowest BCUT2D eigenvalue weighted by molar-refractivity contribution is 0.569. The molecule has 4 rings (SSSR count). The third kappa shape index (κ3) is 2.41. The number of rotatable bonds is 4. The van der Waals surface area contributed by atoms with Crippen LogP contribution in [0.5, 0.6) is 0 Å². The second-order valence-corrected chi connectivity index (χ2v) is 8.37. The third-order valence-electron chi connectivity index (χ3n) is 5.18. The molecule has 0 amide bonds. The summed E-state index contributed by atoms with van der Waals surface area (Å²) in [6, 6.07) is 6.32. The predicted molar refractivity (Wildman–Crippen MR) is 97.0 cm³/mol. The van der Waals surface area contributed by atoms with E-state index >= 15 is 0 Å². The SMILES string of the molecule is CCC1CCc2c1cn(S(=O)(=O)c1nccn1C)c2-c1ccccc1F. The van der Waals surface area contributed by atoms with Gasteiger partial charge in [0.1, 0.15) is 5.82 Å². The maximum atomic E-state index is 14.6. The Hall–Kier alpha value is -2.41. The van der Waals surface area contributed by atoms with Crippen molar-refractivity contribution in [3.63, 3.8) is 0 Å². The Bertz CT molecular complexity index is 1080. The number of nitrogens with zero attached hydrogens (tertiary/aromatic N) is 3. The molecule has 2 heterocycles. The highest BCUT2D eigenvalue weighted by Gasteiger charge is 2.34. The minimum Gasteiger partial charge on any atom is -0.323 e. The molecule has 0 radical (unpaired) electrons. The average Bonchev–Trinajstić information content (AvgIpc) is 3.30. The van der Waals surface area contributed by atoms with E-state index in [1.54, 1.807) is 37.6 Å². The first-order valence-corrected chi connectivity index (χ1v) is 10.1. The van der Waals surface area contributed by atoms with E-state index in [1.165, 1.54) is 20.8 Å². The van der Waals surface area contributed by atoms with Gasteiger partial charge in [0.25, 0.3) is 0 Å². The van der Waals surface area contributed by atoms with Crippen molar-refractivity contribution in [3.05, 3.63) is 59.8 Å². The Morgan fingerprint density at radius 3 is 2.73 bits per heavy atom. The minimum atomic E-state index is -3.93. The molecule has 1 aliphatic carbocycles. The zero-order valence-electron chi connectivity index (χ0n) is 14.7. The monoisotopic (exact) mass is 373 g/mol. The fourth-order valence-corrected chi connectivity index (χ4v) is 5.36. The summed E-state index contributed by atoms with van der Waals surface area (Å²) in [5.41, 5.74) is 2.67. The van der Waals surface area contributed by atoms with Gasteiger partial charge >= 0.3 is 10.0 Å². The molecule has 0 saturated heterocycles. The average molecular weight is 373 g/mol. The van der Waals surface area contributed by atoms with E-state index in [9.17, 15) is 12.8 Å². The number of aromatic nitrogens is 3. The Balaban J connectivity index is 2.02. The van der Waals surface area contributed by atoms with Gasteiger partial charge in [0.2, 0.25) is 5.16 Å². The lowest BCUT2D eigenvalue weighted by Crippen LogP contribution is -2.18. The van der Waals surface area contributed by atoms with Crippen LogP contribution in [0.2, 0.25) is 0 Å². The molecule has 1 atom stereocenters. The molecular formula is C19H20FN3O2S. The van der Waals surface area contributed by atoms with Gasteiger partial charge in [-0.25, -0.2) is 13.3 Å². The lowest BCUT2D eigenvalue weighted by Gasteiger charge is -2.13. The van der Waals surface area contributed by atoms with Crippen LogP contribution in [-0.4, -0.2) is 21.9 Å². The largest absolute Gasteiger partial charge is 0.323 e. The Morgan fingerprint density at radius 2 is 2.08 bits per heavy atom. The van der Waals surface area contributed by atoms with Crippen LogP contribution >= 0.6 is 0 Å². The number of fused-ring (bicyclic) bond motifs is 1. The highest BCUT2D eigenvalue weighted by Crippen LogP contribution is 2.43. The van der Waals surface area contributed by atoms with Gasteiger partial charge in [0.05, 0.1) is 5.69 Å². The second-order valence-electron chi connectivity index (χ2n) is 6.66. The molecule has 5 nitrogen and oxygen atoms in total. The van der Waals surface area contributed by atoms with E-state index in [4.69, 9.17) is 0 Å². The number of halogens is 1. The number of hydrogen-bond acceptors (Lipinski definition) is 3. The smallest absolute Gasteiger partial charge is 0.302 e. The summed E-state index contributed by atoms with van der Waals surface area (Å²) in [4.78, 5) is 4.00. The van der Waals surface area contributed by atoms with E-state index in [-0.39, 0.29) is 5.16 Å². The van der Waals surface area contributed by atoms with E-state index < -0.39 is 15.8 Å². The predicted octanol–water partition coefficient (Wildman–Crippen LogP) is 3.70. The molecular weight excluding hydrogens is 353 g/mol. The molecule has 0 aliphatic heterocycles. The first kappa shape index (κ1) is 17.0. The van der Waals surface area contributed by atoms with Crippen molar-refractivity contribution in [1.82, 2.24) is 13.5 Å². The van der Waals surface area contributed by atoms with E-state index in [1.807, 2.05) is 0 Å². The molecule has 0 N–H and O–H groups in total. The molecule has 0 saturated carbocycles. The zero-order chi connectivity index (χ0) is 18.5. The summed E-state index contributed by atoms with van der Waals surface area (Å²) < 4.78 is 43.8. The Morgan fingerprint density at radius 1 is 1.31 bits per heavy atom. The molecule has 0 spiro atoms. The van der Waals surface area contributed by atoms with Gasteiger partial charge in [-0.2, -0.15) is 8.42 Å². The topological polar surface area (TPSA) is 56.9 Å². The fourth-order valence-electron chi connectivity index (χ4n) is 3.86. The van der Waals surface area contributed by atoms with Crippen molar-refractivity contribution in [2.24, 2.45) is 7.05 Å². The molecule has 7 heteroatoms. The molecule has 1 aliphatic rings. The van der Waals surface area contributed by atoms with Crippen LogP contribution in [0.15, 0.2) is 48.0 Å². The van der Waals surface area contributed by atoms with Gasteiger partial charge in [0.15, 0.2) is 0 Å². The van der Waals surface area contributed by atoms with Crippen LogP contribution in [0.25, 0.3) is 11.3 Å². The van der Waals surface area contributed by atoms with Gasteiger partial charge in [-0.05, 0) is 48.4 Å². The first-order valence-electron chi connectivity index (χ1n) is 8.67. The second kappa shape index (κ2) is 6.09. The number of aryl methyl sites for hydroxylation is 1. The summed E-state index contributed by atoms with van der Waals surface area (Å²) in [6.07, 6.45) is 7.34. The molecule has 0 fully saturated rings. The molecule has 26 heavy (non-hydrogen) atoms. The summed E-state index contributed by atoms with van der Waals surface area (Å²) in [7, 11) is -2.30. The quantitative estimate of drug-likeness (QED) is 0.701. The minimum absolute atomic E-state index is 0.0585. The highest BCUT2D eigenvalue weighted by atomic mass is 32.2. The first-order chi connectivity index (χ1) is 12.4. The van der Waals surface area contributed by atoms with E-state index in [0.717, 1.165) is 30.4 Å². The standard InChI is InChI=1S/C19H20FN3O2S/c1-3-13-8-9-14-16(13)12-23(18(14)15-6-4-5-7-17(15)20)26(24,25)19-21-10-11-22(19)2/h4-7,10-13H,3,8-9H2,1-2H3. The molecule has 136 valence electrons. The lowest BCUT2D eigenvalue weighted by atomic mass is 10.0. The van der Waals surface area contributed by atoms with Crippen molar-refractivity contribution in [2.45, 2.75) is 37.3 Å². The van der Waals surface area contributed by atoms with Crippen molar-refractivity contribution < 1.29 is 12.8 Å². The Kier molecular flexibility index (Phi) is 3.99. The van der Waals surface area contributed by atoms with Crippen LogP contribution in [0.4, 0.5) is 4.39 Å². The van der Waals surface area contributed by atoms with E-state index in [2.05, 4.69) is 11.9 Å². The number of imidazole rings is 1. The van der Waals surface area contributed by atoms with Crippen LogP contribution in [0, 0.1) is 5.82 Å². The zero-order valence-corrected chi connectivity index (χ0v) is 15.5. The molecule has 1 aromatic carbocycles. The summed E-state index contributed by atoms with van der Waals surface area (Å²) in [5.74, 6) is -0.127. The van der Waals surface area contributed by atoms with Crippen LogP contribution in [-0.2, 0) is 23.5 Å². The van der Waals surface area contributed by atoms with E-state index in [0.29, 0.717) is 17.2 Å². The molecule has 1 unspecified atom stereocenters. The van der Waals surface area contributed by atoms with Crippen molar-refractivity contribution in [2.75, 3.05) is 0 Å². The van der Waals surface area contributed by atoms with Crippen LogP contribution < -0.4 is 0 Å². The summed E-state index contributed by atoms with van der Waals surface area (Å²) >= 11 is 0. The van der Waals surface area contributed by atoms with Gasteiger partial charge < -0.3 is 4.57 Å². The summed E-state index contributed by atoms with van der Waals surface area (Å²) in [5, 5.41) is -0.0585.